The van der Waals surface area contributed by atoms with Gasteiger partial charge in [0.1, 0.15) is 17.3 Å². The Morgan fingerprint density at radius 3 is 2.16 bits per heavy atom. The van der Waals surface area contributed by atoms with Crippen LogP contribution in [-0.2, 0) is 15.3 Å². The number of aromatic nitrogens is 2. The summed E-state index contributed by atoms with van der Waals surface area (Å²) in [6.07, 6.45) is 5.11. The number of hydrogen-bond acceptors (Lipinski definition) is 9. The molecular formula is C35H37N3O5S2. The average molecular weight is 644 g/mol. The highest BCUT2D eigenvalue weighted by atomic mass is 32.2. The molecule has 2 heterocycles. The molecule has 1 amide bonds. The Morgan fingerprint density at radius 2 is 1.49 bits per heavy atom. The van der Waals surface area contributed by atoms with Gasteiger partial charge in [0.05, 0.1) is 24.8 Å². The van der Waals surface area contributed by atoms with E-state index in [2.05, 4.69) is 24.0 Å². The Labute approximate surface area is 272 Å². The van der Waals surface area contributed by atoms with Crippen molar-refractivity contribution < 1.29 is 24.2 Å². The van der Waals surface area contributed by atoms with Crippen molar-refractivity contribution in [1.82, 2.24) is 10.2 Å². The molecule has 3 aromatic carbocycles. The quantitative estimate of drug-likeness (QED) is 0.0345. The summed E-state index contributed by atoms with van der Waals surface area (Å²) in [6.45, 7) is 5.44. The topological polar surface area (TPSA) is 102 Å². The van der Waals surface area contributed by atoms with Crippen LogP contribution in [0, 0.1) is 0 Å². The largest absolute Gasteiger partial charge is 0.507 e. The number of Topliss-reactive ketones (excluding diaryl/α,β-unsaturated/α-hetero) is 1. The van der Waals surface area contributed by atoms with Gasteiger partial charge >= 0.3 is 5.91 Å². The summed E-state index contributed by atoms with van der Waals surface area (Å²) in [4.78, 5) is 28.6. The number of ether oxygens (including phenoxy) is 2. The number of thioether (sulfide) groups is 1. The van der Waals surface area contributed by atoms with Crippen molar-refractivity contribution >= 4 is 45.7 Å². The van der Waals surface area contributed by atoms with E-state index < -0.39 is 17.7 Å². The van der Waals surface area contributed by atoms with Gasteiger partial charge in [0.2, 0.25) is 5.13 Å². The van der Waals surface area contributed by atoms with Crippen LogP contribution in [0.25, 0.3) is 5.76 Å². The van der Waals surface area contributed by atoms with Crippen molar-refractivity contribution in [2.75, 3.05) is 18.1 Å². The summed E-state index contributed by atoms with van der Waals surface area (Å²) in [5.41, 5.74) is 2.18. The second-order valence-corrected chi connectivity index (χ2v) is 12.8. The number of ketones is 1. The van der Waals surface area contributed by atoms with Gasteiger partial charge in [-0.15, -0.1) is 10.2 Å². The SMILES string of the molecule is CCCCCOc1ccc(C2/C(=C(\O)c3ccc(OCCCC)cc3)C(=O)C(=O)N2c2nnc(SCc3ccccc3)s2)cc1. The van der Waals surface area contributed by atoms with Gasteiger partial charge in [-0.2, -0.15) is 0 Å². The zero-order valence-electron chi connectivity index (χ0n) is 25.5. The molecule has 1 N–H and O–H groups in total. The van der Waals surface area contributed by atoms with E-state index in [0.29, 0.717) is 45.9 Å². The molecule has 4 aromatic rings. The number of hydrogen-bond donors (Lipinski definition) is 1. The van der Waals surface area contributed by atoms with Crippen LogP contribution in [0.2, 0.25) is 0 Å². The first-order valence-electron chi connectivity index (χ1n) is 15.3. The fourth-order valence-electron chi connectivity index (χ4n) is 4.91. The second-order valence-electron chi connectivity index (χ2n) is 10.6. The Morgan fingerprint density at radius 1 is 0.844 bits per heavy atom. The Balaban J connectivity index is 1.47. The molecule has 234 valence electrons. The molecule has 0 radical (unpaired) electrons. The first kappa shape index (κ1) is 32.2. The molecule has 0 aliphatic carbocycles. The zero-order chi connectivity index (χ0) is 31.6. The predicted molar refractivity (Wildman–Crippen MR) is 179 cm³/mol. The summed E-state index contributed by atoms with van der Waals surface area (Å²) in [5, 5.41) is 20.4. The minimum absolute atomic E-state index is 0.00930. The van der Waals surface area contributed by atoms with Crippen molar-refractivity contribution in [3.8, 4) is 11.5 Å². The molecule has 0 saturated carbocycles. The molecule has 1 aliphatic heterocycles. The van der Waals surface area contributed by atoms with Gasteiger partial charge < -0.3 is 14.6 Å². The average Bonchev–Trinajstić information content (AvgIpc) is 3.64. The lowest BCUT2D eigenvalue weighted by Crippen LogP contribution is -2.29. The van der Waals surface area contributed by atoms with Gasteiger partial charge in [0.15, 0.2) is 4.34 Å². The zero-order valence-corrected chi connectivity index (χ0v) is 27.1. The predicted octanol–water partition coefficient (Wildman–Crippen LogP) is 8.20. The highest BCUT2D eigenvalue weighted by Crippen LogP contribution is 2.44. The molecule has 1 aromatic heterocycles. The van der Waals surface area contributed by atoms with Crippen LogP contribution in [0.4, 0.5) is 5.13 Å². The van der Waals surface area contributed by atoms with Crippen LogP contribution in [0.15, 0.2) is 88.8 Å². The number of rotatable bonds is 15. The molecule has 5 rings (SSSR count). The lowest BCUT2D eigenvalue weighted by atomic mass is 9.95. The summed E-state index contributed by atoms with van der Waals surface area (Å²) in [5.74, 6) is 0.243. The number of nitrogens with zero attached hydrogens (tertiary/aromatic N) is 3. The van der Waals surface area contributed by atoms with Gasteiger partial charge in [0.25, 0.3) is 5.78 Å². The van der Waals surface area contributed by atoms with E-state index in [1.807, 2.05) is 54.6 Å². The third kappa shape index (κ3) is 7.93. The highest BCUT2D eigenvalue weighted by molar-refractivity contribution is 8.00. The summed E-state index contributed by atoms with van der Waals surface area (Å²) < 4.78 is 12.3. The van der Waals surface area contributed by atoms with E-state index in [4.69, 9.17) is 9.47 Å². The highest BCUT2D eigenvalue weighted by Gasteiger charge is 2.48. The Bertz CT molecular complexity index is 1600. The van der Waals surface area contributed by atoms with Crippen LogP contribution in [0.1, 0.15) is 68.7 Å². The molecule has 45 heavy (non-hydrogen) atoms. The van der Waals surface area contributed by atoms with Crippen molar-refractivity contribution in [2.24, 2.45) is 0 Å². The van der Waals surface area contributed by atoms with E-state index in [1.165, 1.54) is 28.0 Å². The molecule has 8 nitrogen and oxygen atoms in total. The molecule has 1 unspecified atom stereocenters. The molecule has 1 saturated heterocycles. The standard InChI is InChI=1S/C35H37N3O5S2/c1-3-5-10-22-43-27-17-13-25(14-18-27)30-29(31(39)26-15-19-28(20-16-26)42-21-6-4-2)32(40)33(41)38(30)34-36-37-35(45-34)44-23-24-11-8-7-9-12-24/h7-9,11-20,30,39H,3-6,10,21-23H2,1-2H3/b31-29+. The number of carbonyl (C=O) groups excluding carboxylic acids is 2. The van der Waals surface area contributed by atoms with E-state index in [1.54, 1.807) is 24.3 Å². The fraction of sp³-hybridized carbons (Fsp3) is 0.314. The molecule has 0 bridgehead atoms. The lowest BCUT2D eigenvalue weighted by molar-refractivity contribution is -0.132. The minimum atomic E-state index is -0.903. The van der Waals surface area contributed by atoms with Gasteiger partial charge in [-0.25, -0.2) is 0 Å². The third-order valence-electron chi connectivity index (χ3n) is 7.36. The normalized spacial score (nSPS) is 15.9. The lowest BCUT2D eigenvalue weighted by Gasteiger charge is -2.22. The first-order valence-corrected chi connectivity index (χ1v) is 17.1. The maximum Gasteiger partial charge on any atom is 0.301 e. The molecular weight excluding hydrogens is 607 g/mol. The van der Waals surface area contributed by atoms with Crippen molar-refractivity contribution in [1.29, 1.82) is 0 Å². The smallest absolute Gasteiger partial charge is 0.301 e. The molecule has 0 spiro atoms. The summed E-state index contributed by atoms with van der Waals surface area (Å²) in [6, 6.07) is 23.3. The molecule has 10 heteroatoms. The van der Waals surface area contributed by atoms with E-state index in [0.717, 1.165) is 37.7 Å². The van der Waals surface area contributed by atoms with Gasteiger partial charge in [-0.1, -0.05) is 98.7 Å². The van der Waals surface area contributed by atoms with Crippen LogP contribution in [-0.4, -0.2) is 40.2 Å². The van der Waals surface area contributed by atoms with E-state index in [9.17, 15) is 14.7 Å². The number of unbranched alkanes of at least 4 members (excludes halogenated alkanes) is 3. The van der Waals surface area contributed by atoms with Crippen molar-refractivity contribution in [3.05, 3.63) is 101 Å². The van der Waals surface area contributed by atoms with Crippen LogP contribution >= 0.6 is 23.1 Å². The monoisotopic (exact) mass is 643 g/mol. The van der Waals surface area contributed by atoms with E-state index in [-0.39, 0.29) is 16.5 Å². The third-order valence-corrected chi connectivity index (χ3v) is 9.49. The number of anilines is 1. The molecule has 1 aliphatic rings. The summed E-state index contributed by atoms with van der Waals surface area (Å²) in [7, 11) is 0. The van der Waals surface area contributed by atoms with E-state index >= 15 is 0 Å². The van der Waals surface area contributed by atoms with Gasteiger partial charge in [0, 0.05) is 11.3 Å². The Hall–Kier alpha value is -4.15. The number of aliphatic hydroxyl groups is 1. The minimum Gasteiger partial charge on any atom is -0.507 e. The fourth-order valence-corrected chi connectivity index (χ4v) is 6.73. The number of benzene rings is 3. The maximum absolute atomic E-state index is 13.6. The van der Waals surface area contributed by atoms with Crippen LogP contribution in [0.3, 0.4) is 0 Å². The van der Waals surface area contributed by atoms with Gasteiger partial charge in [-0.05, 0) is 60.4 Å². The molecule has 1 atom stereocenters. The van der Waals surface area contributed by atoms with Crippen LogP contribution in [0.5, 0.6) is 11.5 Å². The van der Waals surface area contributed by atoms with Gasteiger partial charge in [-0.3, -0.25) is 14.5 Å². The number of aliphatic hydroxyl groups excluding tert-OH is 1. The molecule has 1 fully saturated rings. The maximum atomic E-state index is 13.6. The van der Waals surface area contributed by atoms with Crippen molar-refractivity contribution in [2.45, 2.75) is 62.1 Å². The first-order chi connectivity index (χ1) is 22.0. The summed E-state index contributed by atoms with van der Waals surface area (Å²) >= 11 is 2.75. The van der Waals surface area contributed by atoms with Crippen LogP contribution < -0.4 is 14.4 Å². The number of amides is 1. The second kappa shape index (κ2) is 15.7. The Kier molecular flexibility index (Phi) is 11.3. The number of carbonyl (C=O) groups is 2. The van der Waals surface area contributed by atoms with Crippen molar-refractivity contribution in [3.63, 3.8) is 0 Å².